The molecule has 0 spiro atoms. The maximum Gasteiger partial charge on any atom is 0.335 e. The van der Waals surface area contributed by atoms with Crippen LogP contribution in [0.15, 0.2) is 59.2 Å². The Morgan fingerprint density at radius 1 is 1.18 bits per heavy atom. The van der Waals surface area contributed by atoms with Gasteiger partial charge in [0.25, 0.3) is 0 Å². The summed E-state index contributed by atoms with van der Waals surface area (Å²) < 4.78 is 10.6. The number of aromatic nitrogens is 4. The predicted octanol–water partition coefficient (Wildman–Crippen LogP) is 5.83. The number of hydrogen-bond acceptors (Lipinski definition) is 4. The van der Waals surface area contributed by atoms with Gasteiger partial charge in [0.2, 0.25) is 0 Å². The normalized spacial score (nSPS) is 13.3. The molecule has 0 saturated heterocycles. The second-order valence-corrected chi connectivity index (χ2v) is 9.06. The predicted molar refractivity (Wildman–Crippen MR) is 131 cm³/mol. The molecule has 2 heterocycles. The van der Waals surface area contributed by atoms with Crippen molar-refractivity contribution < 1.29 is 14.6 Å². The molecule has 0 amide bonds. The van der Waals surface area contributed by atoms with Crippen molar-refractivity contribution in [3.8, 4) is 16.9 Å². The summed E-state index contributed by atoms with van der Waals surface area (Å²) in [4.78, 5) is 11.7. The van der Waals surface area contributed by atoms with Crippen LogP contribution in [0.1, 0.15) is 39.3 Å². The van der Waals surface area contributed by atoms with E-state index in [0.717, 1.165) is 45.3 Å². The van der Waals surface area contributed by atoms with Crippen LogP contribution in [0.5, 0.6) is 0 Å². The number of carboxylic acid groups (broad SMARTS) is 1. The van der Waals surface area contributed by atoms with Crippen LogP contribution in [-0.2, 0) is 22.7 Å². The summed E-state index contributed by atoms with van der Waals surface area (Å²) in [6.07, 6.45) is 3.24. The highest BCUT2D eigenvalue weighted by Crippen LogP contribution is 2.31. The van der Waals surface area contributed by atoms with Crippen LogP contribution in [0.25, 0.3) is 27.8 Å². The molecule has 172 valence electrons. The van der Waals surface area contributed by atoms with Crippen molar-refractivity contribution in [3.05, 3.63) is 64.9 Å². The molecular formula is C25H27BrN4O3. The zero-order chi connectivity index (χ0) is 23.6. The van der Waals surface area contributed by atoms with Crippen LogP contribution in [0.4, 0.5) is 0 Å². The second kappa shape index (κ2) is 9.49. The average Bonchev–Trinajstić information content (AvgIpc) is 3.42. The number of hydrogen-bond donors (Lipinski definition) is 1. The molecule has 0 aliphatic heterocycles. The molecule has 1 N–H and O–H groups in total. The van der Waals surface area contributed by atoms with Gasteiger partial charge in [0.1, 0.15) is 0 Å². The quantitative estimate of drug-likeness (QED) is 0.306. The molecule has 4 aromatic rings. The van der Waals surface area contributed by atoms with Gasteiger partial charge in [0.15, 0.2) is 5.60 Å². The van der Waals surface area contributed by atoms with Crippen LogP contribution in [-0.4, -0.2) is 36.2 Å². The summed E-state index contributed by atoms with van der Waals surface area (Å²) in [6.45, 7) is 6.46. The molecule has 33 heavy (non-hydrogen) atoms. The number of benzene rings is 2. The van der Waals surface area contributed by atoms with Crippen LogP contribution in [0.2, 0.25) is 0 Å². The minimum Gasteiger partial charge on any atom is -0.479 e. The molecule has 0 unspecified atom stereocenters. The van der Waals surface area contributed by atoms with Crippen LogP contribution in [0.3, 0.4) is 0 Å². The van der Waals surface area contributed by atoms with E-state index >= 15 is 0 Å². The SMILES string of the molecule is CCCn1ncc2ccc(-c3cc(CO[C@](C)(CC)C(=O)O)nn3-c3ccccc3Br)cc21. The minimum absolute atomic E-state index is 0.0943. The van der Waals surface area contributed by atoms with Gasteiger partial charge < -0.3 is 9.84 Å². The second-order valence-electron chi connectivity index (χ2n) is 8.20. The largest absolute Gasteiger partial charge is 0.479 e. The highest BCUT2D eigenvalue weighted by molar-refractivity contribution is 9.10. The number of carboxylic acids is 1. The number of aliphatic carboxylic acids is 1. The fourth-order valence-corrected chi connectivity index (χ4v) is 4.13. The number of fused-ring (bicyclic) bond motifs is 1. The Labute approximate surface area is 201 Å². The minimum atomic E-state index is -1.26. The van der Waals surface area contributed by atoms with Gasteiger partial charge in [-0.1, -0.05) is 38.1 Å². The Morgan fingerprint density at radius 3 is 2.67 bits per heavy atom. The van der Waals surface area contributed by atoms with Crippen molar-refractivity contribution in [1.82, 2.24) is 19.6 Å². The van der Waals surface area contributed by atoms with Crippen LogP contribution in [0, 0.1) is 0 Å². The molecule has 0 saturated carbocycles. The molecule has 0 fully saturated rings. The first-order valence-electron chi connectivity index (χ1n) is 11.0. The van der Waals surface area contributed by atoms with Crippen LogP contribution < -0.4 is 0 Å². The van der Waals surface area contributed by atoms with E-state index < -0.39 is 11.6 Å². The first kappa shape index (κ1) is 23.2. The van der Waals surface area contributed by atoms with Crippen molar-refractivity contribution >= 4 is 32.8 Å². The van der Waals surface area contributed by atoms with Gasteiger partial charge in [-0.25, -0.2) is 9.48 Å². The molecule has 2 aromatic heterocycles. The van der Waals surface area contributed by atoms with Crippen LogP contribution >= 0.6 is 15.9 Å². The highest BCUT2D eigenvalue weighted by atomic mass is 79.9. The number of aryl methyl sites for hydroxylation is 1. The smallest absolute Gasteiger partial charge is 0.335 e. The van der Waals surface area contributed by atoms with E-state index in [-0.39, 0.29) is 6.61 Å². The molecule has 0 aliphatic carbocycles. The lowest BCUT2D eigenvalue weighted by Gasteiger charge is -2.22. The van der Waals surface area contributed by atoms with E-state index in [9.17, 15) is 9.90 Å². The number of ether oxygens (including phenoxy) is 1. The molecule has 4 rings (SSSR count). The van der Waals surface area contributed by atoms with Gasteiger partial charge in [-0.15, -0.1) is 0 Å². The van der Waals surface area contributed by atoms with Gasteiger partial charge >= 0.3 is 5.97 Å². The summed E-state index contributed by atoms with van der Waals surface area (Å²) in [5, 5.41) is 19.9. The molecule has 0 radical (unpaired) electrons. The third-order valence-corrected chi connectivity index (χ3v) is 6.55. The first-order chi connectivity index (χ1) is 15.9. The Balaban J connectivity index is 1.80. The Kier molecular flexibility index (Phi) is 6.67. The van der Waals surface area contributed by atoms with Crippen molar-refractivity contribution in [2.45, 2.75) is 52.4 Å². The number of halogens is 1. The van der Waals surface area contributed by atoms with Gasteiger partial charge in [-0.2, -0.15) is 10.2 Å². The zero-order valence-electron chi connectivity index (χ0n) is 19.0. The number of para-hydroxylation sites is 1. The third kappa shape index (κ3) is 4.58. The van der Waals surface area contributed by atoms with E-state index in [1.54, 1.807) is 13.8 Å². The summed E-state index contributed by atoms with van der Waals surface area (Å²) in [6, 6.07) is 16.1. The van der Waals surface area contributed by atoms with E-state index in [0.29, 0.717) is 12.1 Å². The Hall–Kier alpha value is -2.97. The summed E-state index contributed by atoms with van der Waals surface area (Å²) in [7, 11) is 0. The zero-order valence-corrected chi connectivity index (χ0v) is 20.5. The van der Waals surface area contributed by atoms with Crippen molar-refractivity contribution in [3.63, 3.8) is 0 Å². The molecule has 2 aromatic carbocycles. The molecule has 0 bridgehead atoms. The fraction of sp³-hybridized carbons (Fsp3) is 0.320. The Morgan fingerprint density at radius 2 is 1.97 bits per heavy atom. The monoisotopic (exact) mass is 510 g/mol. The van der Waals surface area contributed by atoms with Crippen molar-refractivity contribution in [2.75, 3.05) is 0 Å². The van der Waals surface area contributed by atoms with Crippen molar-refractivity contribution in [2.24, 2.45) is 0 Å². The maximum atomic E-state index is 11.7. The summed E-state index contributed by atoms with van der Waals surface area (Å²) >= 11 is 3.63. The summed E-state index contributed by atoms with van der Waals surface area (Å²) in [5.41, 5.74) is 3.23. The molecule has 7 nitrogen and oxygen atoms in total. The fourth-order valence-electron chi connectivity index (χ4n) is 3.68. The van der Waals surface area contributed by atoms with Gasteiger partial charge in [0.05, 0.1) is 35.4 Å². The number of rotatable bonds is 9. The number of nitrogens with zero attached hydrogens (tertiary/aromatic N) is 4. The first-order valence-corrected chi connectivity index (χ1v) is 11.8. The number of carbonyl (C=O) groups is 1. The van der Waals surface area contributed by atoms with E-state index in [1.807, 2.05) is 45.9 Å². The Bertz CT molecular complexity index is 1300. The van der Waals surface area contributed by atoms with Gasteiger partial charge in [-0.05, 0) is 60.0 Å². The lowest BCUT2D eigenvalue weighted by molar-refractivity contribution is -0.165. The topological polar surface area (TPSA) is 82.2 Å². The highest BCUT2D eigenvalue weighted by Gasteiger charge is 2.32. The molecule has 8 heteroatoms. The summed E-state index contributed by atoms with van der Waals surface area (Å²) in [5.74, 6) is -0.981. The lowest BCUT2D eigenvalue weighted by atomic mass is 10.0. The van der Waals surface area contributed by atoms with E-state index in [2.05, 4.69) is 46.2 Å². The maximum absolute atomic E-state index is 11.7. The third-order valence-electron chi connectivity index (χ3n) is 5.88. The standard InChI is InChI=1S/C25H27BrN4O3/c1-4-12-29-22-13-17(10-11-18(22)15-27-29)23-14-19(16-33-25(3,5-2)24(31)32)28-30(23)21-9-7-6-8-20(21)26/h6-11,13-15H,4-5,12,16H2,1-3H3,(H,31,32)/t25-/m1/s1. The molecular weight excluding hydrogens is 484 g/mol. The molecule has 0 aliphatic rings. The van der Waals surface area contributed by atoms with E-state index in [1.165, 1.54) is 0 Å². The van der Waals surface area contributed by atoms with Gasteiger partial charge in [-0.3, -0.25) is 4.68 Å². The van der Waals surface area contributed by atoms with Gasteiger partial charge in [0, 0.05) is 22.0 Å². The van der Waals surface area contributed by atoms with Crippen molar-refractivity contribution in [1.29, 1.82) is 0 Å². The van der Waals surface area contributed by atoms with E-state index in [4.69, 9.17) is 9.84 Å². The average molecular weight is 511 g/mol. The molecule has 1 atom stereocenters. The lowest BCUT2D eigenvalue weighted by Crippen LogP contribution is -2.37.